The molecule has 0 spiro atoms. The van der Waals surface area contributed by atoms with Crippen molar-refractivity contribution in [2.24, 2.45) is 0 Å². The lowest BCUT2D eigenvalue weighted by molar-refractivity contribution is -0.120. The number of carbonyl (C=O) groups is 2. The van der Waals surface area contributed by atoms with E-state index in [9.17, 15) is 22.8 Å². The molecule has 0 aliphatic rings. The van der Waals surface area contributed by atoms with Crippen LogP contribution in [0.25, 0.3) is 0 Å². The second kappa shape index (κ2) is 11.0. The molecular formula is C20H21F3N2O3. The summed E-state index contributed by atoms with van der Waals surface area (Å²) in [5, 5.41) is 5.12. The maximum Gasteiger partial charge on any atom is 0.254 e. The molecule has 8 heteroatoms. The van der Waals surface area contributed by atoms with Gasteiger partial charge in [-0.25, -0.2) is 13.2 Å². The Hall–Kier alpha value is -3.03. The zero-order valence-electron chi connectivity index (χ0n) is 15.1. The quantitative estimate of drug-likeness (QED) is 0.608. The van der Waals surface area contributed by atoms with Crippen molar-refractivity contribution >= 4 is 11.8 Å². The van der Waals surface area contributed by atoms with Gasteiger partial charge in [0.1, 0.15) is 23.2 Å². The molecule has 5 nitrogen and oxygen atoms in total. The average Bonchev–Trinajstić information content (AvgIpc) is 2.66. The maximum absolute atomic E-state index is 13.5. The number of unbranched alkanes of at least 4 members (excludes halogenated alkanes) is 1. The lowest BCUT2D eigenvalue weighted by Crippen LogP contribution is -2.31. The van der Waals surface area contributed by atoms with Gasteiger partial charge >= 0.3 is 0 Å². The van der Waals surface area contributed by atoms with Gasteiger partial charge in [-0.2, -0.15) is 0 Å². The first-order valence-corrected chi connectivity index (χ1v) is 8.84. The Morgan fingerprint density at radius 3 is 2.29 bits per heavy atom. The lowest BCUT2D eigenvalue weighted by atomic mass is 10.2. The van der Waals surface area contributed by atoms with E-state index in [0.29, 0.717) is 37.8 Å². The van der Waals surface area contributed by atoms with E-state index in [2.05, 4.69) is 10.6 Å². The van der Waals surface area contributed by atoms with Crippen molar-refractivity contribution in [1.29, 1.82) is 0 Å². The van der Waals surface area contributed by atoms with E-state index in [1.54, 1.807) is 12.1 Å². The highest BCUT2D eigenvalue weighted by Gasteiger charge is 2.12. The fourth-order valence-corrected chi connectivity index (χ4v) is 2.32. The largest absolute Gasteiger partial charge is 0.494 e. The van der Waals surface area contributed by atoms with Crippen LogP contribution in [-0.4, -0.2) is 31.5 Å². The lowest BCUT2D eigenvalue weighted by Gasteiger charge is -2.08. The summed E-state index contributed by atoms with van der Waals surface area (Å²) in [6.07, 6.45) is 1.44. The Morgan fingerprint density at radius 2 is 1.57 bits per heavy atom. The molecule has 2 amide bonds. The van der Waals surface area contributed by atoms with Crippen molar-refractivity contribution in [2.45, 2.75) is 19.3 Å². The van der Waals surface area contributed by atoms with E-state index < -0.39 is 17.5 Å². The number of carbonyl (C=O) groups excluding carboxylic acids is 2. The van der Waals surface area contributed by atoms with Crippen LogP contribution in [-0.2, 0) is 4.79 Å². The number of hydrogen-bond donors (Lipinski definition) is 2. The summed E-state index contributed by atoms with van der Waals surface area (Å²) >= 11 is 0. The highest BCUT2D eigenvalue weighted by Crippen LogP contribution is 2.11. The van der Waals surface area contributed by atoms with Crippen LogP contribution in [0, 0.1) is 17.5 Å². The van der Waals surface area contributed by atoms with Crippen molar-refractivity contribution in [1.82, 2.24) is 10.6 Å². The molecule has 2 aromatic rings. The number of ether oxygens (including phenoxy) is 1. The summed E-state index contributed by atoms with van der Waals surface area (Å²) in [5.74, 6) is -2.42. The van der Waals surface area contributed by atoms with Crippen LogP contribution in [0.2, 0.25) is 0 Å². The molecule has 0 fully saturated rings. The summed E-state index contributed by atoms with van der Waals surface area (Å²) in [5.41, 5.74) is -0.275. The fraction of sp³-hybridized carbons (Fsp3) is 0.300. The zero-order chi connectivity index (χ0) is 20.4. The Bertz CT molecular complexity index is 798. The molecular weight excluding hydrogens is 373 g/mol. The van der Waals surface area contributed by atoms with Gasteiger partial charge in [0, 0.05) is 25.6 Å². The number of rotatable bonds is 10. The highest BCUT2D eigenvalue weighted by molar-refractivity contribution is 5.94. The monoisotopic (exact) mass is 394 g/mol. The van der Waals surface area contributed by atoms with Crippen LogP contribution >= 0.6 is 0 Å². The van der Waals surface area contributed by atoms with Crippen molar-refractivity contribution in [2.75, 3.05) is 19.7 Å². The summed E-state index contributed by atoms with van der Waals surface area (Å²) in [4.78, 5) is 23.5. The fourth-order valence-electron chi connectivity index (χ4n) is 2.32. The molecule has 0 aromatic heterocycles. The van der Waals surface area contributed by atoms with Crippen LogP contribution in [0.3, 0.4) is 0 Å². The molecule has 2 N–H and O–H groups in total. The SMILES string of the molecule is O=C(CCNC(=O)c1ccc(F)cc1F)NCCCCOc1ccc(F)cc1. The molecule has 28 heavy (non-hydrogen) atoms. The van der Waals surface area contributed by atoms with Gasteiger partial charge in [-0.1, -0.05) is 0 Å². The van der Waals surface area contributed by atoms with Crippen LogP contribution < -0.4 is 15.4 Å². The first kappa shape index (κ1) is 21.3. The summed E-state index contributed by atoms with van der Waals surface area (Å²) in [7, 11) is 0. The minimum absolute atomic E-state index is 0.0369. The molecule has 2 rings (SSSR count). The standard InChI is InChI=1S/C20H21F3N2O3/c21-14-3-6-16(7-4-14)28-12-2-1-10-24-19(26)9-11-25-20(27)17-8-5-15(22)13-18(17)23/h3-8,13H,1-2,9-12H2,(H,24,26)(H,25,27). The molecule has 0 bridgehead atoms. The van der Waals surface area contributed by atoms with Gasteiger partial charge in [-0.15, -0.1) is 0 Å². The first-order chi connectivity index (χ1) is 13.5. The molecule has 0 aliphatic heterocycles. The number of halogens is 3. The number of benzene rings is 2. The molecule has 2 aromatic carbocycles. The van der Waals surface area contributed by atoms with Gasteiger partial charge in [0.25, 0.3) is 5.91 Å². The number of nitrogens with one attached hydrogen (secondary N) is 2. The Kier molecular flexibility index (Phi) is 8.33. The van der Waals surface area contributed by atoms with Gasteiger partial charge < -0.3 is 15.4 Å². The van der Waals surface area contributed by atoms with Gasteiger partial charge in [0.05, 0.1) is 12.2 Å². The van der Waals surface area contributed by atoms with Gasteiger partial charge in [-0.05, 0) is 49.2 Å². The van der Waals surface area contributed by atoms with Gasteiger partial charge in [-0.3, -0.25) is 9.59 Å². The second-order valence-electron chi connectivity index (χ2n) is 5.99. The van der Waals surface area contributed by atoms with Crippen molar-refractivity contribution in [3.05, 3.63) is 65.5 Å². The molecule has 0 unspecified atom stereocenters. The molecule has 0 atom stereocenters. The Morgan fingerprint density at radius 1 is 0.857 bits per heavy atom. The van der Waals surface area contributed by atoms with Crippen LogP contribution in [0.5, 0.6) is 5.75 Å². The molecule has 0 heterocycles. The van der Waals surface area contributed by atoms with E-state index in [-0.39, 0.29) is 30.3 Å². The summed E-state index contributed by atoms with van der Waals surface area (Å²) in [6.45, 7) is 0.933. The topological polar surface area (TPSA) is 67.4 Å². The second-order valence-corrected chi connectivity index (χ2v) is 5.99. The maximum atomic E-state index is 13.5. The highest BCUT2D eigenvalue weighted by atomic mass is 19.1. The predicted molar refractivity (Wildman–Crippen MR) is 97.4 cm³/mol. The van der Waals surface area contributed by atoms with Gasteiger partial charge in [0.15, 0.2) is 0 Å². The van der Waals surface area contributed by atoms with E-state index in [1.807, 2.05) is 0 Å². The summed E-state index contributed by atoms with van der Waals surface area (Å²) in [6, 6.07) is 8.39. The third-order valence-electron chi connectivity index (χ3n) is 3.79. The Balaban J connectivity index is 1.54. The zero-order valence-corrected chi connectivity index (χ0v) is 15.1. The smallest absolute Gasteiger partial charge is 0.254 e. The predicted octanol–water partition coefficient (Wildman–Crippen LogP) is 3.20. The van der Waals surface area contributed by atoms with E-state index >= 15 is 0 Å². The van der Waals surface area contributed by atoms with Crippen LogP contribution in [0.15, 0.2) is 42.5 Å². The summed E-state index contributed by atoms with van der Waals surface area (Å²) < 4.78 is 44.5. The number of hydrogen-bond acceptors (Lipinski definition) is 3. The third-order valence-corrected chi connectivity index (χ3v) is 3.79. The van der Waals surface area contributed by atoms with Crippen LogP contribution in [0.4, 0.5) is 13.2 Å². The number of amides is 2. The van der Waals surface area contributed by atoms with Crippen molar-refractivity contribution in [3.8, 4) is 5.75 Å². The minimum atomic E-state index is -0.954. The molecule has 0 saturated carbocycles. The normalized spacial score (nSPS) is 10.4. The first-order valence-electron chi connectivity index (χ1n) is 8.84. The Labute approximate surface area is 160 Å². The van der Waals surface area contributed by atoms with Gasteiger partial charge in [0.2, 0.25) is 5.91 Å². The molecule has 0 radical (unpaired) electrons. The molecule has 0 saturated heterocycles. The van der Waals surface area contributed by atoms with Crippen LogP contribution in [0.1, 0.15) is 29.6 Å². The van der Waals surface area contributed by atoms with E-state index in [4.69, 9.17) is 4.74 Å². The van der Waals surface area contributed by atoms with Crippen molar-refractivity contribution < 1.29 is 27.5 Å². The van der Waals surface area contributed by atoms with E-state index in [0.717, 1.165) is 12.1 Å². The molecule has 0 aliphatic carbocycles. The third kappa shape index (κ3) is 7.30. The van der Waals surface area contributed by atoms with E-state index in [1.165, 1.54) is 12.1 Å². The minimum Gasteiger partial charge on any atom is -0.494 e. The molecule has 150 valence electrons. The van der Waals surface area contributed by atoms with Crippen molar-refractivity contribution in [3.63, 3.8) is 0 Å². The average molecular weight is 394 g/mol.